The van der Waals surface area contributed by atoms with E-state index in [-0.39, 0.29) is 26.9 Å². The van der Waals surface area contributed by atoms with Gasteiger partial charge in [0.15, 0.2) is 10.9 Å². The number of ketones is 1. The van der Waals surface area contributed by atoms with Crippen LogP contribution in [0.25, 0.3) is 0 Å². The first-order chi connectivity index (χ1) is 5.72. The predicted octanol–water partition coefficient (Wildman–Crippen LogP) is 2.79. The molecule has 0 aliphatic rings. The second-order valence-corrected chi connectivity index (χ2v) is 7.10. The van der Waals surface area contributed by atoms with Crippen molar-refractivity contribution < 1.29 is 9.59 Å². The summed E-state index contributed by atoms with van der Waals surface area (Å²) in [5, 5.41) is -0.0520. The average Bonchev–Trinajstić information content (AvgIpc) is 1.81. The molecule has 0 bridgehead atoms. The third-order valence-electron chi connectivity index (χ3n) is 1.18. The standard InChI is InChI=1S/C9H15BrO2S/c1-6(10)7(11)5-8(12)13-9(2,3)4/h6H,5H2,1-4H3/t6-/m0/s1. The molecule has 0 aliphatic carbocycles. The van der Waals surface area contributed by atoms with Gasteiger partial charge in [-0.2, -0.15) is 0 Å². The van der Waals surface area contributed by atoms with Crippen LogP contribution in [0.15, 0.2) is 0 Å². The van der Waals surface area contributed by atoms with Crippen LogP contribution in [-0.2, 0) is 9.59 Å². The zero-order chi connectivity index (χ0) is 10.6. The lowest BCUT2D eigenvalue weighted by Gasteiger charge is -2.15. The molecule has 4 heteroatoms. The fraction of sp³-hybridized carbons (Fsp3) is 0.778. The summed E-state index contributed by atoms with van der Waals surface area (Å²) in [5.74, 6) is -0.0539. The fourth-order valence-electron chi connectivity index (χ4n) is 0.660. The maximum Gasteiger partial charge on any atom is 0.196 e. The minimum absolute atomic E-state index is 0.0222. The molecular formula is C9H15BrO2S. The summed E-state index contributed by atoms with van der Waals surface area (Å²) in [6.45, 7) is 7.60. The van der Waals surface area contributed by atoms with Crippen molar-refractivity contribution in [3.63, 3.8) is 0 Å². The second kappa shape index (κ2) is 5.15. The van der Waals surface area contributed by atoms with Crippen LogP contribution in [0.2, 0.25) is 0 Å². The van der Waals surface area contributed by atoms with Gasteiger partial charge in [-0.3, -0.25) is 9.59 Å². The van der Waals surface area contributed by atoms with E-state index in [0.29, 0.717) is 0 Å². The molecule has 0 heterocycles. The quantitative estimate of drug-likeness (QED) is 0.582. The highest BCUT2D eigenvalue weighted by Crippen LogP contribution is 2.25. The van der Waals surface area contributed by atoms with Crippen molar-refractivity contribution in [2.75, 3.05) is 0 Å². The van der Waals surface area contributed by atoms with E-state index in [1.54, 1.807) is 6.92 Å². The Morgan fingerprint density at radius 3 is 2.15 bits per heavy atom. The van der Waals surface area contributed by atoms with Crippen LogP contribution in [0.4, 0.5) is 0 Å². The monoisotopic (exact) mass is 266 g/mol. The van der Waals surface area contributed by atoms with Crippen molar-refractivity contribution >= 4 is 38.6 Å². The van der Waals surface area contributed by atoms with Crippen molar-refractivity contribution in [2.45, 2.75) is 43.7 Å². The average molecular weight is 267 g/mol. The van der Waals surface area contributed by atoms with Crippen LogP contribution in [-0.4, -0.2) is 20.5 Å². The molecule has 0 aromatic heterocycles. The zero-order valence-electron chi connectivity index (χ0n) is 8.39. The van der Waals surface area contributed by atoms with Crippen LogP contribution in [0.5, 0.6) is 0 Å². The molecule has 0 amide bonds. The van der Waals surface area contributed by atoms with Gasteiger partial charge in [-0.1, -0.05) is 48.5 Å². The van der Waals surface area contributed by atoms with Crippen molar-refractivity contribution in [2.24, 2.45) is 0 Å². The van der Waals surface area contributed by atoms with E-state index in [4.69, 9.17) is 0 Å². The molecule has 1 atom stereocenters. The summed E-state index contributed by atoms with van der Waals surface area (Å²) in [7, 11) is 0. The molecule has 0 fully saturated rings. The first-order valence-electron chi connectivity index (χ1n) is 4.11. The molecule has 0 saturated carbocycles. The lowest BCUT2D eigenvalue weighted by atomic mass is 10.2. The SMILES string of the molecule is C[C@H](Br)C(=O)CC(=O)SC(C)(C)C. The van der Waals surface area contributed by atoms with Crippen molar-refractivity contribution in [3.05, 3.63) is 0 Å². The Labute approximate surface area is 92.0 Å². The number of thioether (sulfide) groups is 1. The molecule has 13 heavy (non-hydrogen) atoms. The summed E-state index contributed by atoms with van der Waals surface area (Å²) in [5.41, 5.74) is 0. The van der Waals surface area contributed by atoms with Gasteiger partial charge >= 0.3 is 0 Å². The number of alkyl halides is 1. The smallest absolute Gasteiger partial charge is 0.196 e. The summed E-state index contributed by atoms with van der Waals surface area (Å²) < 4.78 is -0.104. The third-order valence-corrected chi connectivity index (χ3v) is 2.68. The Morgan fingerprint density at radius 1 is 1.38 bits per heavy atom. The molecule has 0 rings (SSSR count). The van der Waals surface area contributed by atoms with Crippen LogP contribution in [0.3, 0.4) is 0 Å². The lowest BCUT2D eigenvalue weighted by Crippen LogP contribution is -2.17. The maximum absolute atomic E-state index is 11.3. The van der Waals surface area contributed by atoms with Gasteiger partial charge in [0, 0.05) is 4.75 Å². The first kappa shape index (κ1) is 13.2. The third kappa shape index (κ3) is 7.26. The predicted molar refractivity (Wildman–Crippen MR) is 60.4 cm³/mol. The van der Waals surface area contributed by atoms with Crippen LogP contribution in [0.1, 0.15) is 34.1 Å². The van der Waals surface area contributed by atoms with Crippen LogP contribution >= 0.6 is 27.7 Å². The van der Waals surface area contributed by atoms with Gasteiger partial charge in [0.1, 0.15) is 0 Å². The Bertz CT molecular complexity index is 206. The number of halogens is 1. The van der Waals surface area contributed by atoms with E-state index >= 15 is 0 Å². The molecular weight excluding hydrogens is 252 g/mol. The van der Waals surface area contributed by atoms with Crippen molar-refractivity contribution in [1.29, 1.82) is 0 Å². The molecule has 0 N–H and O–H groups in total. The number of carbonyl (C=O) groups is 2. The second-order valence-electron chi connectivity index (χ2n) is 3.85. The molecule has 76 valence electrons. The number of hydrogen-bond donors (Lipinski definition) is 0. The number of rotatable bonds is 3. The van der Waals surface area contributed by atoms with Gasteiger partial charge in [0.25, 0.3) is 0 Å². The Hall–Kier alpha value is 0.170. The minimum Gasteiger partial charge on any atom is -0.298 e. The molecule has 0 saturated heterocycles. The highest BCUT2D eigenvalue weighted by molar-refractivity contribution is 9.10. The van der Waals surface area contributed by atoms with E-state index < -0.39 is 0 Å². The van der Waals surface area contributed by atoms with Gasteiger partial charge in [0.05, 0.1) is 11.2 Å². The van der Waals surface area contributed by atoms with E-state index in [1.807, 2.05) is 20.8 Å². The summed E-state index contributed by atoms with van der Waals surface area (Å²) in [6.07, 6.45) is 0.0222. The van der Waals surface area contributed by atoms with E-state index in [9.17, 15) is 9.59 Å². The Balaban J connectivity index is 3.96. The fourth-order valence-corrected chi connectivity index (χ4v) is 1.72. The highest BCUT2D eigenvalue weighted by Gasteiger charge is 2.20. The number of hydrogen-bond acceptors (Lipinski definition) is 3. The van der Waals surface area contributed by atoms with Gasteiger partial charge in [0.2, 0.25) is 0 Å². The van der Waals surface area contributed by atoms with E-state index in [2.05, 4.69) is 15.9 Å². The highest BCUT2D eigenvalue weighted by atomic mass is 79.9. The summed E-state index contributed by atoms with van der Waals surface area (Å²) >= 11 is 4.36. The molecule has 0 unspecified atom stereocenters. The number of Topliss-reactive ketones (excluding diaryl/α,β-unsaturated/α-hetero) is 1. The summed E-state index contributed by atoms with van der Waals surface area (Å²) in [4.78, 5) is 22.2. The molecule has 0 aromatic carbocycles. The lowest BCUT2D eigenvalue weighted by molar-refractivity contribution is -0.122. The molecule has 0 aromatic rings. The van der Waals surface area contributed by atoms with E-state index in [0.717, 1.165) is 0 Å². The van der Waals surface area contributed by atoms with Gasteiger partial charge in [-0.05, 0) is 6.92 Å². The zero-order valence-corrected chi connectivity index (χ0v) is 10.8. The van der Waals surface area contributed by atoms with Crippen molar-refractivity contribution in [3.8, 4) is 0 Å². The van der Waals surface area contributed by atoms with Gasteiger partial charge in [-0.15, -0.1) is 0 Å². The van der Waals surface area contributed by atoms with Crippen LogP contribution in [0, 0.1) is 0 Å². The molecule has 2 nitrogen and oxygen atoms in total. The normalized spacial score (nSPS) is 13.9. The molecule has 0 aliphatic heterocycles. The number of carbonyl (C=O) groups excluding carboxylic acids is 2. The largest absolute Gasteiger partial charge is 0.298 e. The first-order valence-corrected chi connectivity index (χ1v) is 5.84. The molecule has 0 spiro atoms. The Kier molecular flexibility index (Phi) is 5.22. The van der Waals surface area contributed by atoms with E-state index in [1.165, 1.54) is 11.8 Å². The summed E-state index contributed by atoms with van der Waals surface area (Å²) in [6, 6.07) is 0. The molecule has 0 radical (unpaired) electrons. The Morgan fingerprint density at radius 2 is 1.85 bits per heavy atom. The van der Waals surface area contributed by atoms with Gasteiger partial charge < -0.3 is 0 Å². The van der Waals surface area contributed by atoms with Gasteiger partial charge in [-0.25, -0.2) is 0 Å². The topological polar surface area (TPSA) is 34.1 Å². The van der Waals surface area contributed by atoms with Crippen molar-refractivity contribution in [1.82, 2.24) is 0 Å². The minimum atomic E-state index is -0.225. The van der Waals surface area contributed by atoms with Crippen LogP contribution < -0.4 is 0 Å². The maximum atomic E-state index is 11.3.